The smallest absolute Gasteiger partial charge is 0.242 e. The van der Waals surface area contributed by atoms with Gasteiger partial charge in [0.25, 0.3) is 0 Å². The van der Waals surface area contributed by atoms with Crippen LogP contribution in [-0.2, 0) is 22.7 Å². The van der Waals surface area contributed by atoms with Gasteiger partial charge in [-0.05, 0) is 18.1 Å². The molecule has 0 aliphatic carbocycles. The SMILES string of the molecule is CC(NC(=O)CN)C(=O)NCc1ccc(CN)cc1. The molecule has 0 radical (unpaired) electrons. The van der Waals surface area contributed by atoms with Crippen molar-refractivity contribution in [2.75, 3.05) is 6.54 Å². The Morgan fingerprint density at radius 2 is 1.74 bits per heavy atom. The Hall–Kier alpha value is -1.92. The Kier molecular flexibility index (Phi) is 5.98. The summed E-state index contributed by atoms with van der Waals surface area (Å²) >= 11 is 0. The molecule has 19 heavy (non-hydrogen) atoms. The fraction of sp³-hybridized carbons (Fsp3) is 0.385. The summed E-state index contributed by atoms with van der Waals surface area (Å²) in [7, 11) is 0. The lowest BCUT2D eigenvalue weighted by atomic mass is 10.1. The first kappa shape index (κ1) is 15.1. The molecule has 0 bridgehead atoms. The van der Waals surface area contributed by atoms with Crippen LogP contribution in [0.5, 0.6) is 0 Å². The number of hydrogen-bond acceptors (Lipinski definition) is 4. The predicted octanol–water partition coefficient (Wildman–Crippen LogP) is -0.775. The van der Waals surface area contributed by atoms with Gasteiger partial charge in [-0.2, -0.15) is 0 Å². The number of carbonyl (C=O) groups is 2. The van der Waals surface area contributed by atoms with E-state index >= 15 is 0 Å². The Balaban J connectivity index is 2.42. The molecule has 0 aromatic heterocycles. The monoisotopic (exact) mass is 264 g/mol. The molecule has 1 unspecified atom stereocenters. The first-order valence-electron chi connectivity index (χ1n) is 6.12. The van der Waals surface area contributed by atoms with E-state index < -0.39 is 6.04 Å². The quantitative estimate of drug-likeness (QED) is 0.540. The van der Waals surface area contributed by atoms with E-state index in [0.717, 1.165) is 11.1 Å². The number of nitrogens with one attached hydrogen (secondary N) is 2. The molecule has 6 nitrogen and oxygen atoms in total. The Morgan fingerprint density at radius 3 is 2.26 bits per heavy atom. The van der Waals surface area contributed by atoms with Crippen LogP contribution in [0.4, 0.5) is 0 Å². The van der Waals surface area contributed by atoms with E-state index in [-0.39, 0.29) is 18.4 Å². The molecule has 0 heterocycles. The second-order valence-corrected chi connectivity index (χ2v) is 4.23. The Morgan fingerprint density at radius 1 is 1.16 bits per heavy atom. The van der Waals surface area contributed by atoms with Crippen molar-refractivity contribution in [3.63, 3.8) is 0 Å². The van der Waals surface area contributed by atoms with Gasteiger partial charge >= 0.3 is 0 Å². The average Bonchev–Trinajstić information content (AvgIpc) is 2.44. The van der Waals surface area contributed by atoms with Gasteiger partial charge in [-0.15, -0.1) is 0 Å². The van der Waals surface area contributed by atoms with Crippen LogP contribution in [0, 0.1) is 0 Å². The maximum absolute atomic E-state index is 11.7. The molecule has 1 rings (SSSR count). The predicted molar refractivity (Wildman–Crippen MR) is 72.8 cm³/mol. The molecule has 104 valence electrons. The number of carbonyl (C=O) groups excluding carboxylic acids is 2. The van der Waals surface area contributed by atoms with Gasteiger partial charge in [0.2, 0.25) is 11.8 Å². The van der Waals surface area contributed by atoms with E-state index in [1.807, 2.05) is 24.3 Å². The second kappa shape index (κ2) is 7.50. The maximum Gasteiger partial charge on any atom is 0.242 e. The van der Waals surface area contributed by atoms with Gasteiger partial charge in [-0.3, -0.25) is 9.59 Å². The summed E-state index contributed by atoms with van der Waals surface area (Å²) in [5, 5.41) is 5.23. The van der Waals surface area contributed by atoms with Crippen molar-refractivity contribution in [2.24, 2.45) is 11.5 Å². The summed E-state index contributed by atoms with van der Waals surface area (Å²) in [5.74, 6) is -0.598. The third-order valence-corrected chi connectivity index (χ3v) is 2.68. The lowest BCUT2D eigenvalue weighted by Crippen LogP contribution is -2.46. The van der Waals surface area contributed by atoms with Crippen molar-refractivity contribution in [3.8, 4) is 0 Å². The van der Waals surface area contributed by atoms with Crippen molar-refractivity contribution in [1.29, 1.82) is 0 Å². The molecule has 6 heteroatoms. The van der Waals surface area contributed by atoms with Crippen LogP contribution in [0.1, 0.15) is 18.1 Å². The number of hydrogen-bond donors (Lipinski definition) is 4. The van der Waals surface area contributed by atoms with E-state index in [1.165, 1.54) is 0 Å². The van der Waals surface area contributed by atoms with Crippen LogP contribution < -0.4 is 22.1 Å². The van der Waals surface area contributed by atoms with Gasteiger partial charge in [0.05, 0.1) is 6.54 Å². The van der Waals surface area contributed by atoms with Crippen molar-refractivity contribution < 1.29 is 9.59 Å². The van der Waals surface area contributed by atoms with Crippen LogP contribution in [0.25, 0.3) is 0 Å². The van der Waals surface area contributed by atoms with Crippen LogP contribution in [-0.4, -0.2) is 24.4 Å². The molecule has 1 atom stereocenters. The van der Waals surface area contributed by atoms with Gasteiger partial charge in [0.15, 0.2) is 0 Å². The van der Waals surface area contributed by atoms with E-state index in [0.29, 0.717) is 13.1 Å². The zero-order valence-electron chi connectivity index (χ0n) is 11.0. The molecule has 1 aromatic carbocycles. The maximum atomic E-state index is 11.7. The van der Waals surface area contributed by atoms with Gasteiger partial charge in [0, 0.05) is 13.1 Å². The average molecular weight is 264 g/mol. The molecular weight excluding hydrogens is 244 g/mol. The van der Waals surface area contributed by atoms with Gasteiger partial charge in [-0.25, -0.2) is 0 Å². The molecule has 1 aromatic rings. The topological polar surface area (TPSA) is 110 Å². The summed E-state index contributed by atoms with van der Waals surface area (Å²) in [6.07, 6.45) is 0. The van der Waals surface area contributed by atoms with Crippen LogP contribution in [0.15, 0.2) is 24.3 Å². The summed E-state index contributed by atoms with van der Waals surface area (Å²) in [6.45, 7) is 2.39. The van der Waals surface area contributed by atoms with Gasteiger partial charge in [0.1, 0.15) is 6.04 Å². The van der Waals surface area contributed by atoms with E-state index in [1.54, 1.807) is 6.92 Å². The summed E-state index contributed by atoms with van der Waals surface area (Å²) in [4.78, 5) is 22.7. The minimum atomic E-state index is -0.598. The lowest BCUT2D eigenvalue weighted by molar-refractivity contribution is -0.128. The molecular formula is C13H20N4O2. The summed E-state index contributed by atoms with van der Waals surface area (Å²) in [5.41, 5.74) is 12.7. The third kappa shape index (κ3) is 5.07. The Labute approximate surface area is 112 Å². The number of nitrogens with two attached hydrogens (primary N) is 2. The van der Waals surface area contributed by atoms with Crippen molar-refractivity contribution >= 4 is 11.8 Å². The molecule has 0 saturated carbocycles. The van der Waals surface area contributed by atoms with Crippen molar-refractivity contribution in [3.05, 3.63) is 35.4 Å². The first-order valence-corrected chi connectivity index (χ1v) is 6.12. The standard InChI is InChI=1S/C13H20N4O2/c1-9(17-12(18)7-15)13(19)16-8-11-4-2-10(6-14)3-5-11/h2-5,9H,6-8,14-15H2,1H3,(H,16,19)(H,17,18). The number of amides is 2. The van der Waals surface area contributed by atoms with E-state index in [9.17, 15) is 9.59 Å². The van der Waals surface area contributed by atoms with Gasteiger partial charge in [-0.1, -0.05) is 24.3 Å². The number of benzene rings is 1. The van der Waals surface area contributed by atoms with Crippen LogP contribution >= 0.6 is 0 Å². The second-order valence-electron chi connectivity index (χ2n) is 4.23. The lowest BCUT2D eigenvalue weighted by Gasteiger charge is -2.13. The fourth-order valence-corrected chi connectivity index (χ4v) is 1.50. The molecule has 0 aliphatic heterocycles. The minimum Gasteiger partial charge on any atom is -0.350 e. The third-order valence-electron chi connectivity index (χ3n) is 2.68. The highest BCUT2D eigenvalue weighted by Crippen LogP contribution is 2.03. The first-order chi connectivity index (χ1) is 9.06. The van der Waals surface area contributed by atoms with Crippen molar-refractivity contribution in [1.82, 2.24) is 10.6 Å². The highest BCUT2D eigenvalue weighted by molar-refractivity contribution is 5.87. The molecule has 0 spiro atoms. The highest BCUT2D eigenvalue weighted by atomic mass is 16.2. The normalized spacial score (nSPS) is 11.7. The zero-order chi connectivity index (χ0) is 14.3. The van der Waals surface area contributed by atoms with Crippen LogP contribution in [0.3, 0.4) is 0 Å². The van der Waals surface area contributed by atoms with E-state index in [4.69, 9.17) is 11.5 Å². The zero-order valence-corrected chi connectivity index (χ0v) is 11.0. The molecule has 0 fully saturated rings. The summed E-state index contributed by atoms with van der Waals surface area (Å²) < 4.78 is 0. The number of rotatable bonds is 6. The fourth-order valence-electron chi connectivity index (χ4n) is 1.50. The highest BCUT2D eigenvalue weighted by Gasteiger charge is 2.13. The Bertz CT molecular complexity index is 431. The minimum absolute atomic E-state index is 0.127. The van der Waals surface area contributed by atoms with Gasteiger partial charge < -0.3 is 22.1 Å². The molecule has 0 saturated heterocycles. The molecule has 6 N–H and O–H groups in total. The largest absolute Gasteiger partial charge is 0.350 e. The molecule has 0 aliphatic rings. The van der Waals surface area contributed by atoms with Crippen LogP contribution in [0.2, 0.25) is 0 Å². The van der Waals surface area contributed by atoms with E-state index in [2.05, 4.69) is 10.6 Å². The van der Waals surface area contributed by atoms with Crippen molar-refractivity contribution in [2.45, 2.75) is 26.1 Å². The molecule has 2 amide bonds. The summed E-state index contributed by atoms with van der Waals surface area (Å²) in [6, 6.07) is 7.05.